The molecular weight excluding hydrogens is 502 g/mol. The Labute approximate surface area is 217 Å². The molecular formula is C27H24ClNO6S. The van der Waals surface area contributed by atoms with E-state index in [0.29, 0.717) is 11.6 Å². The first-order valence-electron chi connectivity index (χ1n) is 11.5. The average Bonchev–Trinajstić information content (AvgIpc) is 3.14. The Balaban J connectivity index is 1.40. The van der Waals surface area contributed by atoms with E-state index >= 15 is 0 Å². The smallest absolute Gasteiger partial charge is 0.262 e. The molecule has 0 aliphatic carbocycles. The number of hydrogen-bond donors (Lipinski definition) is 2. The highest BCUT2D eigenvalue weighted by Crippen LogP contribution is 2.39. The van der Waals surface area contributed by atoms with Crippen LogP contribution in [0.25, 0.3) is 0 Å². The largest absolute Gasteiger partial charge is 0.388 e. The Hall–Kier alpha value is -2.72. The van der Waals surface area contributed by atoms with Crippen molar-refractivity contribution in [3.05, 3.63) is 101 Å². The Morgan fingerprint density at radius 2 is 1.47 bits per heavy atom. The van der Waals surface area contributed by atoms with Gasteiger partial charge < -0.3 is 19.7 Å². The van der Waals surface area contributed by atoms with Crippen LogP contribution in [-0.4, -0.2) is 63.3 Å². The highest BCUT2D eigenvalue weighted by molar-refractivity contribution is 7.99. The summed E-state index contributed by atoms with van der Waals surface area (Å²) in [4.78, 5) is 28.2. The maximum Gasteiger partial charge on any atom is 0.262 e. The second-order valence-electron chi connectivity index (χ2n) is 8.61. The zero-order chi connectivity index (χ0) is 25.2. The molecule has 1 saturated heterocycles. The molecule has 3 aromatic carbocycles. The summed E-state index contributed by atoms with van der Waals surface area (Å²) in [7, 11) is 0. The molecule has 7 nitrogen and oxygen atoms in total. The molecule has 0 saturated carbocycles. The Morgan fingerprint density at radius 3 is 2.11 bits per heavy atom. The van der Waals surface area contributed by atoms with E-state index in [4.69, 9.17) is 21.1 Å². The van der Waals surface area contributed by atoms with Gasteiger partial charge in [0.1, 0.15) is 29.8 Å². The summed E-state index contributed by atoms with van der Waals surface area (Å²) < 4.78 is 12.0. The molecule has 0 bridgehead atoms. The number of halogens is 1. The molecule has 2 aliphatic heterocycles. The van der Waals surface area contributed by atoms with Gasteiger partial charge in [-0.2, -0.15) is 0 Å². The molecule has 2 amide bonds. The van der Waals surface area contributed by atoms with Crippen molar-refractivity contribution in [1.82, 2.24) is 4.90 Å². The van der Waals surface area contributed by atoms with Crippen LogP contribution >= 0.6 is 23.4 Å². The van der Waals surface area contributed by atoms with Crippen molar-refractivity contribution in [3.8, 4) is 0 Å². The number of imide groups is 1. The van der Waals surface area contributed by atoms with Crippen molar-refractivity contribution in [2.24, 2.45) is 0 Å². The summed E-state index contributed by atoms with van der Waals surface area (Å²) in [6, 6.07) is 21.9. The van der Waals surface area contributed by atoms with Crippen LogP contribution in [0.3, 0.4) is 0 Å². The lowest BCUT2D eigenvalue weighted by molar-refractivity contribution is -0.187. The van der Waals surface area contributed by atoms with Crippen molar-refractivity contribution in [2.45, 2.75) is 41.3 Å². The molecule has 2 heterocycles. The molecule has 1 fully saturated rings. The molecule has 0 aromatic heterocycles. The fourth-order valence-electron chi connectivity index (χ4n) is 4.42. The predicted octanol–water partition coefficient (Wildman–Crippen LogP) is 3.76. The number of thioether (sulfide) groups is 1. The lowest BCUT2D eigenvalue weighted by atomic mass is 9.97. The Morgan fingerprint density at radius 1 is 0.861 bits per heavy atom. The average molecular weight is 526 g/mol. The van der Waals surface area contributed by atoms with Gasteiger partial charge in [0.25, 0.3) is 11.8 Å². The van der Waals surface area contributed by atoms with Crippen LogP contribution in [0.4, 0.5) is 0 Å². The predicted molar refractivity (Wildman–Crippen MR) is 135 cm³/mol. The molecule has 186 valence electrons. The maximum atomic E-state index is 13.2. The summed E-state index contributed by atoms with van der Waals surface area (Å²) in [5.41, 5.74) is 0.608. The summed E-state index contributed by atoms with van der Waals surface area (Å²) in [6.07, 6.45) is -3.70. The SMILES string of the molecule is O=C1c2ccccc2C(=O)N1[C@@H]1[C@@H](O)[C@H](O)[C@@H](COCc2ccccc2)O[C@H]1Sc1ccc(Cl)cc1. The highest BCUT2D eigenvalue weighted by atomic mass is 35.5. The molecule has 0 spiro atoms. The van der Waals surface area contributed by atoms with Crippen LogP contribution in [0.2, 0.25) is 5.02 Å². The number of aliphatic hydroxyl groups excluding tert-OH is 2. The molecule has 2 aliphatic rings. The van der Waals surface area contributed by atoms with Gasteiger partial charge in [-0.25, -0.2) is 0 Å². The van der Waals surface area contributed by atoms with Crippen molar-refractivity contribution < 1.29 is 29.3 Å². The quantitative estimate of drug-likeness (QED) is 0.453. The zero-order valence-corrected chi connectivity index (χ0v) is 20.6. The minimum Gasteiger partial charge on any atom is -0.388 e. The lowest BCUT2D eigenvalue weighted by Crippen LogP contribution is -2.64. The van der Waals surface area contributed by atoms with Crippen LogP contribution in [0.15, 0.2) is 83.8 Å². The number of nitrogens with zero attached hydrogens (tertiary/aromatic N) is 1. The first-order chi connectivity index (χ1) is 17.4. The van der Waals surface area contributed by atoms with Crippen molar-refractivity contribution >= 4 is 35.2 Å². The zero-order valence-electron chi connectivity index (χ0n) is 19.1. The normalized spacial score (nSPS) is 25.8. The minimum absolute atomic E-state index is 0.0135. The Kier molecular flexibility index (Phi) is 7.43. The molecule has 9 heteroatoms. The standard InChI is InChI=1S/C27H24ClNO6S/c28-17-10-12-18(13-11-17)36-27-22(29-25(32)19-8-4-5-9-20(19)26(29)33)24(31)23(30)21(35-27)15-34-14-16-6-2-1-3-7-16/h1-13,21-24,27,30-31H,14-15H2/t21-,22-,23-,24-,27+/m1/s1. The van der Waals surface area contributed by atoms with E-state index < -0.39 is 41.6 Å². The number of aliphatic hydroxyl groups is 2. The number of rotatable bonds is 7. The molecule has 2 N–H and O–H groups in total. The highest BCUT2D eigenvalue weighted by Gasteiger charge is 2.53. The third kappa shape index (κ3) is 4.93. The number of fused-ring (bicyclic) bond motifs is 1. The van der Waals surface area contributed by atoms with Crippen LogP contribution in [-0.2, 0) is 16.1 Å². The lowest BCUT2D eigenvalue weighted by Gasteiger charge is -2.45. The van der Waals surface area contributed by atoms with Crippen LogP contribution in [0.1, 0.15) is 26.3 Å². The Bertz CT molecular complexity index is 1210. The topological polar surface area (TPSA) is 96.3 Å². The van der Waals surface area contributed by atoms with Gasteiger partial charge in [0, 0.05) is 9.92 Å². The van der Waals surface area contributed by atoms with E-state index in [9.17, 15) is 19.8 Å². The van der Waals surface area contributed by atoms with Crippen LogP contribution in [0.5, 0.6) is 0 Å². The van der Waals surface area contributed by atoms with E-state index in [-0.39, 0.29) is 17.7 Å². The van der Waals surface area contributed by atoms with E-state index in [1.54, 1.807) is 48.5 Å². The molecule has 5 atom stereocenters. The molecule has 3 aromatic rings. The number of benzene rings is 3. The van der Waals surface area contributed by atoms with Crippen molar-refractivity contribution in [2.75, 3.05) is 6.61 Å². The van der Waals surface area contributed by atoms with Gasteiger partial charge in [-0.15, -0.1) is 0 Å². The first kappa shape index (κ1) is 25.0. The van der Waals surface area contributed by atoms with Crippen molar-refractivity contribution in [3.63, 3.8) is 0 Å². The summed E-state index contributed by atoms with van der Waals surface area (Å²) in [6.45, 7) is 0.319. The fourth-order valence-corrected chi connectivity index (χ4v) is 5.73. The number of amides is 2. The van der Waals surface area contributed by atoms with E-state index in [1.165, 1.54) is 11.8 Å². The number of carbonyl (C=O) groups excluding carboxylic acids is 2. The minimum atomic E-state index is -1.45. The molecule has 36 heavy (non-hydrogen) atoms. The summed E-state index contributed by atoms with van der Waals surface area (Å²) in [5.74, 6) is -1.06. The van der Waals surface area contributed by atoms with Gasteiger partial charge in [0.2, 0.25) is 0 Å². The van der Waals surface area contributed by atoms with Gasteiger partial charge in [-0.1, -0.05) is 65.8 Å². The monoisotopic (exact) mass is 525 g/mol. The third-order valence-electron chi connectivity index (χ3n) is 6.25. The van der Waals surface area contributed by atoms with Crippen LogP contribution in [0, 0.1) is 0 Å². The maximum absolute atomic E-state index is 13.2. The molecule has 0 radical (unpaired) electrons. The first-order valence-corrected chi connectivity index (χ1v) is 12.7. The number of carbonyl (C=O) groups is 2. The number of hydrogen-bond acceptors (Lipinski definition) is 7. The summed E-state index contributed by atoms with van der Waals surface area (Å²) in [5, 5.41) is 22.7. The van der Waals surface area contributed by atoms with Gasteiger partial charge in [-0.3, -0.25) is 14.5 Å². The van der Waals surface area contributed by atoms with Crippen LogP contribution < -0.4 is 0 Å². The van der Waals surface area contributed by atoms with Gasteiger partial charge in [0.05, 0.1) is 24.3 Å². The number of ether oxygens (including phenoxy) is 2. The van der Waals surface area contributed by atoms with Gasteiger partial charge in [0.15, 0.2) is 0 Å². The second kappa shape index (κ2) is 10.7. The van der Waals surface area contributed by atoms with E-state index in [1.807, 2.05) is 30.3 Å². The third-order valence-corrected chi connectivity index (χ3v) is 7.67. The molecule has 5 rings (SSSR count). The van der Waals surface area contributed by atoms with E-state index in [0.717, 1.165) is 15.4 Å². The van der Waals surface area contributed by atoms with Gasteiger partial charge in [-0.05, 0) is 42.0 Å². The van der Waals surface area contributed by atoms with Gasteiger partial charge >= 0.3 is 0 Å². The summed E-state index contributed by atoms with van der Waals surface area (Å²) >= 11 is 7.26. The van der Waals surface area contributed by atoms with E-state index in [2.05, 4.69) is 0 Å². The fraction of sp³-hybridized carbons (Fsp3) is 0.259. The second-order valence-corrected chi connectivity index (χ2v) is 10.2. The van der Waals surface area contributed by atoms with Crippen molar-refractivity contribution in [1.29, 1.82) is 0 Å². The molecule has 0 unspecified atom stereocenters.